The zero-order chi connectivity index (χ0) is 20.3. The molecule has 1 aliphatic carbocycles. The third kappa shape index (κ3) is 4.25. The SMILES string of the molecule is Cc1c(CO)cc([N+](=O)[O-])c(NC2CCCN(C3CCCCC3)C2)c1[N+](=O)[O-]. The van der Waals surface area contributed by atoms with Gasteiger partial charge in [-0.3, -0.25) is 25.1 Å². The number of nitro benzene ring substituents is 2. The van der Waals surface area contributed by atoms with Gasteiger partial charge in [-0.1, -0.05) is 19.3 Å². The molecule has 3 rings (SSSR count). The van der Waals surface area contributed by atoms with Crippen LogP contribution in [-0.4, -0.2) is 45.0 Å². The molecular weight excluding hydrogens is 364 g/mol. The lowest BCUT2D eigenvalue weighted by Crippen LogP contribution is -2.47. The highest BCUT2D eigenvalue weighted by Crippen LogP contribution is 2.40. The molecule has 1 heterocycles. The zero-order valence-corrected chi connectivity index (χ0v) is 16.2. The molecule has 154 valence electrons. The van der Waals surface area contributed by atoms with E-state index in [4.69, 9.17) is 0 Å². The standard InChI is InChI=1S/C19H28N4O5/c1-13-14(12-24)10-17(22(25)26)18(19(13)23(27)28)20-15-6-5-9-21(11-15)16-7-3-2-4-8-16/h10,15-16,20,24H,2-9,11-12H2,1H3. The molecule has 2 aliphatic rings. The van der Waals surface area contributed by atoms with Gasteiger partial charge in [0, 0.05) is 30.3 Å². The van der Waals surface area contributed by atoms with Crippen molar-refractivity contribution in [1.82, 2.24) is 4.90 Å². The first-order valence-electron chi connectivity index (χ1n) is 9.99. The normalized spacial score (nSPS) is 21.4. The number of nitrogens with one attached hydrogen (secondary N) is 1. The summed E-state index contributed by atoms with van der Waals surface area (Å²) in [5.41, 5.74) is -0.235. The Hall–Kier alpha value is -2.26. The van der Waals surface area contributed by atoms with Gasteiger partial charge < -0.3 is 10.4 Å². The topological polar surface area (TPSA) is 122 Å². The largest absolute Gasteiger partial charge is 0.392 e. The Morgan fingerprint density at radius 3 is 2.46 bits per heavy atom. The van der Waals surface area contributed by atoms with E-state index in [1.54, 1.807) is 0 Å². The molecule has 2 fully saturated rings. The number of piperidine rings is 1. The number of hydrogen-bond donors (Lipinski definition) is 2. The van der Waals surface area contributed by atoms with Crippen LogP contribution in [0.3, 0.4) is 0 Å². The molecule has 9 nitrogen and oxygen atoms in total. The molecule has 1 saturated heterocycles. The molecule has 1 atom stereocenters. The summed E-state index contributed by atoms with van der Waals surface area (Å²) >= 11 is 0. The average molecular weight is 392 g/mol. The number of benzene rings is 1. The molecule has 0 amide bonds. The molecule has 28 heavy (non-hydrogen) atoms. The first kappa shape index (κ1) is 20.5. The monoisotopic (exact) mass is 392 g/mol. The van der Waals surface area contributed by atoms with Crippen LogP contribution in [0.15, 0.2) is 6.07 Å². The fourth-order valence-electron chi connectivity index (χ4n) is 4.59. The van der Waals surface area contributed by atoms with Crippen molar-refractivity contribution in [2.75, 3.05) is 18.4 Å². The van der Waals surface area contributed by atoms with Gasteiger partial charge in [-0.05, 0) is 44.7 Å². The van der Waals surface area contributed by atoms with Gasteiger partial charge in [-0.15, -0.1) is 0 Å². The minimum Gasteiger partial charge on any atom is -0.392 e. The van der Waals surface area contributed by atoms with Gasteiger partial charge >= 0.3 is 5.69 Å². The van der Waals surface area contributed by atoms with E-state index in [9.17, 15) is 25.3 Å². The summed E-state index contributed by atoms with van der Waals surface area (Å²) in [6, 6.07) is 1.71. The number of aliphatic hydroxyl groups is 1. The van der Waals surface area contributed by atoms with Crippen LogP contribution in [0.5, 0.6) is 0 Å². The van der Waals surface area contributed by atoms with E-state index in [1.807, 2.05) is 0 Å². The molecule has 1 aromatic carbocycles. The fraction of sp³-hybridized carbons (Fsp3) is 0.684. The maximum Gasteiger partial charge on any atom is 0.302 e. The van der Waals surface area contributed by atoms with Crippen LogP contribution in [0.25, 0.3) is 0 Å². The van der Waals surface area contributed by atoms with Crippen molar-refractivity contribution in [3.63, 3.8) is 0 Å². The third-order valence-electron chi connectivity index (χ3n) is 6.08. The maximum atomic E-state index is 11.7. The molecule has 0 radical (unpaired) electrons. The van der Waals surface area contributed by atoms with Crippen molar-refractivity contribution in [1.29, 1.82) is 0 Å². The minimum atomic E-state index is -0.615. The number of nitro groups is 2. The van der Waals surface area contributed by atoms with Crippen molar-refractivity contribution in [2.24, 2.45) is 0 Å². The second-order valence-corrected chi connectivity index (χ2v) is 7.85. The molecule has 2 N–H and O–H groups in total. The van der Waals surface area contributed by atoms with E-state index < -0.39 is 16.5 Å². The molecule has 0 bridgehead atoms. The molecule has 1 aromatic rings. The Labute approximate surface area is 164 Å². The Morgan fingerprint density at radius 1 is 1.14 bits per heavy atom. The van der Waals surface area contributed by atoms with Gasteiger partial charge in [-0.2, -0.15) is 0 Å². The highest BCUT2D eigenvalue weighted by atomic mass is 16.6. The van der Waals surface area contributed by atoms with Crippen molar-refractivity contribution in [3.05, 3.63) is 37.4 Å². The van der Waals surface area contributed by atoms with Crippen molar-refractivity contribution in [2.45, 2.75) is 70.6 Å². The molecule has 1 saturated carbocycles. The highest BCUT2D eigenvalue weighted by Gasteiger charge is 2.33. The Kier molecular flexibility index (Phi) is 6.46. The van der Waals surface area contributed by atoms with Gasteiger partial charge in [0.05, 0.1) is 16.5 Å². The van der Waals surface area contributed by atoms with Crippen LogP contribution in [0, 0.1) is 27.2 Å². The van der Waals surface area contributed by atoms with Gasteiger partial charge in [0.15, 0.2) is 5.69 Å². The molecule has 1 aliphatic heterocycles. The zero-order valence-electron chi connectivity index (χ0n) is 16.2. The summed E-state index contributed by atoms with van der Waals surface area (Å²) in [6.45, 7) is 2.79. The lowest BCUT2D eigenvalue weighted by molar-refractivity contribution is -0.392. The van der Waals surface area contributed by atoms with Crippen molar-refractivity contribution < 1.29 is 15.0 Å². The summed E-state index contributed by atoms with van der Waals surface area (Å²) in [6.07, 6.45) is 7.88. The third-order valence-corrected chi connectivity index (χ3v) is 6.08. The number of rotatable bonds is 6. The first-order valence-corrected chi connectivity index (χ1v) is 9.99. The Bertz CT molecular complexity index is 748. The predicted octanol–water partition coefficient (Wildman–Crippen LogP) is 3.51. The number of hydrogen-bond acceptors (Lipinski definition) is 7. The van der Waals surface area contributed by atoms with Gasteiger partial charge in [0.25, 0.3) is 5.69 Å². The molecule has 9 heteroatoms. The van der Waals surface area contributed by atoms with E-state index in [0.29, 0.717) is 6.04 Å². The number of anilines is 1. The van der Waals surface area contributed by atoms with E-state index in [2.05, 4.69) is 10.2 Å². The lowest BCUT2D eigenvalue weighted by Gasteiger charge is -2.40. The van der Waals surface area contributed by atoms with Crippen molar-refractivity contribution >= 4 is 17.1 Å². The predicted molar refractivity (Wildman–Crippen MR) is 106 cm³/mol. The average Bonchev–Trinajstić information content (AvgIpc) is 2.68. The second kappa shape index (κ2) is 8.83. The van der Waals surface area contributed by atoms with Gasteiger partial charge in [0.2, 0.25) is 0 Å². The Balaban J connectivity index is 1.88. The first-order chi connectivity index (χ1) is 13.4. The minimum absolute atomic E-state index is 0.0415. The molecule has 0 aromatic heterocycles. The van der Waals surface area contributed by atoms with Crippen molar-refractivity contribution in [3.8, 4) is 0 Å². The summed E-state index contributed by atoms with van der Waals surface area (Å²) in [7, 11) is 0. The smallest absolute Gasteiger partial charge is 0.302 e. The number of likely N-dealkylation sites (tertiary alicyclic amines) is 1. The van der Waals surface area contributed by atoms with E-state index in [1.165, 1.54) is 45.1 Å². The second-order valence-electron chi connectivity index (χ2n) is 7.85. The van der Waals surface area contributed by atoms with Gasteiger partial charge in [0.1, 0.15) is 0 Å². The number of nitrogens with zero attached hydrogens (tertiary/aromatic N) is 3. The maximum absolute atomic E-state index is 11.7. The lowest BCUT2D eigenvalue weighted by atomic mass is 9.92. The summed E-state index contributed by atoms with van der Waals surface area (Å²) in [5, 5.41) is 35.9. The van der Waals surface area contributed by atoms with Crippen LogP contribution < -0.4 is 5.32 Å². The fourth-order valence-corrected chi connectivity index (χ4v) is 4.59. The van der Waals surface area contributed by atoms with E-state index >= 15 is 0 Å². The molecular formula is C19H28N4O5. The Morgan fingerprint density at radius 2 is 1.86 bits per heavy atom. The van der Waals surface area contributed by atoms with Crippen LogP contribution >= 0.6 is 0 Å². The van der Waals surface area contributed by atoms with E-state index in [0.717, 1.165) is 25.9 Å². The molecule has 1 unspecified atom stereocenters. The van der Waals surface area contributed by atoms with Gasteiger partial charge in [-0.25, -0.2) is 0 Å². The highest BCUT2D eigenvalue weighted by molar-refractivity contribution is 5.78. The van der Waals surface area contributed by atoms with Crippen LogP contribution in [0.2, 0.25) is 0 Å². The number of aliphatic hydroxyl groups excluding tert-OH is 1. The quantitative estimate of drug-likeness (QED) is 0.561. The van der Waals surface area contributed by atoms with Crippen LogP contribution in [0.4, 0.5) is 17.1 Å². The summed E-state index contributed by atoms with van der Waals surface area (Å²) in [5.74, 6) is 0. The molecule has 0 spiro atoms. The summed E-state index contributed by atoms with van der Waals surface area (Å²) < 4.78 is 0. The van der Waals surface area contributed by atoms with Crippen LogP contribution in [-0.2, 0) is 6.61 Å². The van der Waals surface area contributed by atoms with Crippen LogP contribution in [0.1, 0.15) is 56.1 Å². The summed E-state index contributed by atoms with van der Waals surface area (Å²) in [4.78, 5) is 24.5. The van der Waals surface area contributed by atoms with E-state index in [-0.39, 0.29) is 34.2 Å².